The van der Waals surface area contributed by atoms with E-state index in [1.54, 1.807) is 18.2 Å². The lowest BCUT2D eigenvalue weighted by atomic mass is 10.1. The molecule has 0 bridgehead atoms. The van der Waals surface area contributed by atoms with E-state index in [1.165, 1.54) is 0 Å². The molecule has 3 N–H and O–H groups in total. The number of aryl methyl sites for hydroxylation is 1. The summed E-state index contributed by atoms with van der Waals surface area (Å²) in [5.41, 5.74) is 8.27. The molecule has 0 radical (unpaired) electrons. The molecule has 98 valence electrons. The van der Waals surface area contributed by atoms with E-state index >= 15 is 0 Å². The first-order valence-corrected chi connectivity index (χ1v) is 6.76. The summed E-state index contributed by atoms with van der Waals surface area (Å²) in [6, 6.07) is 10.5. The Kier molecular flexibility index (Phi) is 4.12. The molecule has 0 aliphatic rings. The summed E-state index contributed by atoms with van der Waals surface area (Å²) < 4.78 is 0.904. The minimum absolute atomic E-state index is 0.283. The van der Waals surface area contributed by atoms with Crippen molar-refractivity contribution in [2.45, 2.75) is 6.92 Å². The molecule has 0 aliphatic carbocycles. The normalized spacial score (nSPS) is 10.3. The van der Waals surface area contributed by atoms with E-state index < -0.39 is 0 Å². The highest BCUT2D eigenvalue weighted by molar-refractivity contribution is 9.10. The molecule has 19 heavy (non-hydrogen) atoms. The third-order valence-electron chi connectivity index (χ3n) is 2.54. The number of nitrogen functional groups attached to an aromatic ring is 1. The Morgan fingerprint density at radius 2 is 2.00 bits per heavy atom. The fourth-order valence-electron chi connectivity index (χ4n) is 1.72. The summed E-state index contributed by atoms with van der Waals surface area (Å²) in [5, 5.41) is 3.17. The minimum atomic E-state index is -0.283. The van der Waals surface area contributed by atoms with E-state index in [2.05, 4.69) is 21.2 Å². The molecule has 0 aliphatic heterocycles. The number of halogens is 2. The van der Waals surface area contributed by atoms with Gasteiger partial charge in [0.15, 0.2) is 0 Å². The summed E-state index contributed by atoms with van der Waals surface area (Å²) in [6.07, 6.45) is 0. The number of carbonyl (C=O) groups excluding carboxylic acids is 1. The summed E-state index contributed by atoms with van der Waals surface area (Å²) >= 11 is 9.38. The quantitative estimate of drug-likeness (QED) is 0.804. The van der Waals surface area contributed by atoms with Crippen molar-refractivity contribution in [2.24, 2.45) is 0 Å². The maximum atomic E-state index is 12.1. The van der Waals surface area contributed by atoms with Crippen LogP contribution in [0.3, 0.4) is 0 Å². The van der Waals surface area contributed by atoms with Gasteiger partial charge < -0.3 is 11.1 Å². The van der Waals surface area contributed by atoms with E-state index in [9.17, 15) is 4.79 Å². The molecule has 0 heterocycles. The zero-order valence-electron chi connectivity index (χ0n) is 10.2. The molecule has 0 saturated heterocycles. The number of carbonyl (C=O) groups is 1. The smallest absolute Gasteiger partial charge is 0.257 e. The standard InChI is InChI=1S/C14H12BrClN2O/c1-8-4-9(15)6-11(5-8)18-14(19)12-7-10(17)2-3-13(12)16/h2-7H,17H2,1H3,(H,18,19). The van der Waals surface area contributed by atoms with Crippen molar-refractivity contribution in [1.82, 2.24) is 0 Å². The molecule has 0 aromatic heterocycles. The minimum Gasteiger partial charge on any atom is -0.399 e. The number of hydrogen-bond donors (Lipinski definition) is 2. The third-order valence-corrected chi connectivity index (χ3v) is 3.32. The molecule has 0 spiro atoms. The van der Waals surface area contributed by atoms with Crippen molar-refractivity contribution < 1.29 is 4.79 Å². The van der Waals surface area contributed by atoms with E-state index in [0.29, 0.717) is 22.0 Å². The monoisotopic (exact) mass is 338 g/mol. The van der Waals surface area contributed by atoms with Crippen LogP contribution in [0.1, 0.15) is 15.9 Å². The molecule has 1 amide bonds. The first kappa shape index (κ1) is 13.9. The largest absolute Gasteiger partial charge is 0.399 e. The van der Waals surface area contributed by atoms with E-state index in [4.69, 9.17) is 17.3 Å². The lowest BCUT2D eigenvalue weighted by Crippen LogP contribution is -2.13. The molecule has 2 aromatic rings. The number of amides is 1. The fraction of sp³-hybridized carbons (Fsp3) is 0.0714. The molecule has 2 aromatic carbocycles. The van der Waals surface area contributed by atoms with E-state index in [1.807, 2.05) is 25.1 Å². The number of rotatable bonds is 2. The molecule has 0 saturated carbocycles. The van der Waals surface area contributed by atoms with Crippen LogP contribution in [0.15, 0.2) is 40.9 Å². The highest BCUT2D eigenvalue weighted by Crippen LogP contribution is 2.23. The van der Waals surface area contributed by atoms with Crippen LogP contribution < -0.4 is 11.1 Å². The fourth-order valence-corrected chi connectivity index (χ4v) is 2.53. The maximum absolute atomic E-state index is 12.1. The molecule has 5 heteroatoms. The number of hydrogen-bond acceptors (Lipinski definition) is 2. The van der Waals surface area contributed by atoms with Gasteiger partial charge in [-0.3, -0.25) is 4.79 Å². The maximum Gasteiger partial charge on any atom is 0.257 e. The van der Waals surface area contributed by atoms with Gasteiger partial charge in [0.1, 0.15) is 0 Å². The average molecular weight is 340 g/mol. The van der Waals surface area contributed by atoms with Gasteiger partial charge in [0.25, 0.3) is 5.91 Å². The highest BCUT2D eigenvalue weighted by Gasteiger charge is 2.11. The van der Waals surface area contributed by atoms with Crippen LogP contribution in [0.2, 0.25) is 5.02 Å². The summed E-state index contributed by atoms with van der Waals surface area (Å²) in [6.45, 7) is 1.95. The van der Waals surface area contributed by atoms with Gasteiger partial charge in [0.2, 0.25) is 0 Å². The summed E-state index contributed by atoms with van der Waals surface area (Å²) in [7, 11) is 0. The number of anilines is 2. The average Bonchev–Trinajstić information content (AvgIpc) is 2.30. The van der Waals surface area contributed by atoms with Crippen molar-refractivity contribution in [3.8, 4) is 0 Å². The van der Waals surface area contributed by atoms with Crippen LogP contribution in [-0.2, 0) is 0 Å². The Bertz CT molecular complexity index is 623. The van der Waals surface area contributed by atoms with Crippen molar-refractivity contribution in [2.75, 3.05) is 11.1 Å². The second-order valence-corrected chi connectivity index (χ2v) is 5.53. The molecule has 3 nitrogen and oxygen atoms in total. The lowest BCUT2D eigenvalue weighted by Gasteiger charge is -2.09. The van der Waals surface area contributed by atoms with Gasteiger partial charge in [0.05, 0.1) is 10.6 Å². The second-order valence-electron chi connectivity index (χ2n) is 4.21. The van der Waals surface area contributed by atoms with Gasteiger partial charge in [-0.15, -0.1) is 0 Å². The van der Waals surface area contributed by atoms with Gasteiger partial charge in [-0.05, 0) is 48.9 Å². The Labute approximate surface area is 124 Å². The van der Waals surface area contributed by atoms with Crippen molar-refractivity contribution in [3.05, 3.63) is 57.0 Å². The van der Waals surface area contributed by atoms with Crippen molar-refractivity contribution in [1.29, 1.82) is 0 Å². The molecule has 0 atom stereocenters. The summed E-state index contributed by atoms with van der Waals surface area (Å²) in [4.78, 5) is 12.1. The first-order valence-electron chi connectivity index (χ1n) is 5.59. The SMILES string of the molecule is Cc1cc(Br)cc(NC(=O)c2cc(N)ccc2Cl)c1. The molecule has 0 fully saturated rings. The number of benzene rings is 2. The van der Waals surface area contributed by atoms with E-state index in [-0.39, 0.29) is 5.91 Å². The van der Waals surface area contributed by atoms with Crippen LogP contribution in [0.25, 0.3) is 0 Å². The van der Waals surface area contributed by atoms with Gasteiger partial charge in [-0.2, -0.15) is 0 Å². The van der Waals surface area contributed by atoms with Crippen molar-refractivity contribution in [3.63, 3.8) is 0 Å². The van der Waals surface area contributed by atoms with Gasteiger partial charge in [-0.1, -0.05) is 27.5 Å². The van der Waals surface area contributed by atoms with Gasteiger partial charge in [0, 0.05) is 15.8 Å². The van der Waals surface area contributed by atoms with Crippen LogP contribution >= 0.6 is 27.5 Å². The van der Waals surface area contributed by atoms with Gasteiger partial charge in [-0.25, -0.2) is 0 Å². The van der Waals surface area contributed by atoms with Crippen LogP contribution in [0, 0.1) is 6.92 Å². The highest BCUT2D eigenvalue weighted by atomic mass is 79.9. The Balaban J connectivity index is 2.28. The van der Waals surface area contributed by atoms with Crippen LogP contribution in [0.5, 0.6) is 0 Å². The van der Waals surface area contributed by atoms with Gasteiger partial charge >= 0.3 is 0 Å². The second kappa shape index (κ2) is 5.63. The predicted molar refractivity (Wildman–Crippen MR) is 82.7 cm³/mol. The van der Waals surface area contributed by atoms with Crippen LogP contribution in [0.4, 0.5) is 11.4 Å². The zero-order chi connectivity index (χ0) is 14.0. The number of nitrogens with two attached hydrogens (primary N) is 1. The third kappa shape index (κ3) is 3.49. The lowest BCUT2D eigenvalue weighted by molar-refractivity contribution is 0.102. The Morgan fingerprint density at radius 3 is 2.68 bits per heavy atom. The summed E-state index contributed by atoms with van der Waals surface area (Å²) in [5.74, 6) is -0.283. The Morgan fingerprint density at radius 1 is 1.26 bits per heavy atom. The first-order chi connectivity index (χ1) is 8.95. The van der Waals surface area contributed by atoms with Crippen molar-refractivity contribution >= 4 is 44.8 Å². The Hall–Kier alpha value is -1.52. The molecule has 0 unspecified atom stereocenters. The predicted octanol–water partition coefficient (Wildman–Crippen LogP) is 4.25. The number of nitrogens with one attached hydrogen (secondary N) is 1. The topological polar surface area (TPSA) is 55.1 Å². The zero-order valence-corrected chi connectivity index (χ0v) is 12.5. The molecular weight excluding hydrogens is 328 g/mol. The van der Waals surface area contributed by atoms with Crippen LogP contribution in [-0.4, -0.2) is 5.91 Å². The molecular formula is C14H12BrClN2O. The molecule has 2 rings (SSSR count). The van der Waals surface area contributed by atoms with E-state index in [0.717, 1.165) is 10.0 Å².